The number of hydrogen-bond donors (Lipinski definition) is 2. The van der Waals surface area contributed by atoms with Gasteiger partial charge in [0, 0.05) is 0 Å². The zero-order valence-corrected chi connectivity index (χ0v) is 11.1. The lowest BCUT2D eigenvalue weighted by Crippen LogP contribution is -2.21. The summed E-state index contributed by atoms with van der Waals surface area (Å²) in [6.45, 7) is 0. The highest BCUT2D eigenvalue weighted by Crippen LogP contribution is 2.13. The van der Waals surface area contributed by atoms with Gasteiger partial charge in [0.1, 0.15) is 5.75 Å². The van der Waals surface area contributed by atoms with Crippen LogP contribution in [0.3, 0.4) is 0 Å². The zero-order valence-electron chi connectivity index (χ0n) is 11.1. The quantitative estimate of drug-likeness (QED) is 0.291. The molecule has 0 saturated heterocycles. The van der Waals surface area contributed by atoms with E-state index >= 15 is 0 Å². The summed E-state index contributed by atoms with van der Waals surface area (Å²) in [6, 6.07) is 15.6. The average Bonchev–Trinajstić information content (AvgIpc) is 2.49. The Labute approximate surface area is 121 Å². The number of esters is 1. The van der Waals surface area contributed by atoms with Crippen molar-refractivity contribution in [3.63, 3.8) is 0 Å². The fourth-order valence-electron chi connectivity index (χ4n) is 1.52. The topological polar surface area (TPSA) is 103 Å². The summed E-state index contributed by atoms with van der Waals surface area (Å²) < 4.78 is 5.25. The van der Waals surface area contributed by atoms with Crippen LogP contribution in [-0.4, -0.2) is 18.1 Å². The summed E-state index contributed by atoms with van der Waals surface area (Å²) in [5.74, 6) is -0.0694. The van der Waals surface area contributed by atoms with Crippen molar-refractivity contribution in [2.45, 2.75) is 0 Å². The van der Waals surface area contributed by atoms with E-state index in [2.05, 4.69) is 10.2 Å². The Morgan fingerprint density at radius 1 is 1.00 bits per heavy atom. The molecule has 0 aliphatic heterocycles. The van der Waals surface area contributed by atoms with Gasteiger partial charge >= 0.3 is 5.97 Å². The fraction of sp³-hybridized carbons (Fsp3) is 0. The second-order valence-electron chi connectivity index (χ2n) is 4.09. The molecule has 0 saturated carbocycles. The monoisotopic (exact) mass is 282 g/mol. The molecule has 0 unspecified atom stereocenters. The molecule has 0 atom stereocenters. The fourth-order valence-corrected chi connectivity index (χ4v) is 1.52. The van der Waals surface area contributed by atoms with E-state index in [9.17, 15) is 4.79 Å². The number of ether oxygens (including phenoxy) is 1. The molecule has 2 aromatic rings. The minimum atomic E-state index is -0.405. The van der Waals surface area contributed by atoms with Crippen molar-refractivity contribution < 1.29 is 9.53 Å². The molecule has 21 heavy (non-hydrogen) atoms. The molecule has 0 aliphatic rings. The average molecular weight is 282 g/mol. The highest BCUT2D eigenvalue weighted by molar-refractivity contribution is 5.91. The SMILES string of the molecule is NC(N)=NN=Cc1ccc(OC(=O)c2ccccc2)cc1. The van der Waals surface area contributed by atoms with Gasteiger partial charge in [-0.15, -0.1) is 5.10 Å². The van der Waals surface area contributed by atoms with Gasteiger partial charge < -0.3 is 16.2 Å². The molecule has 2 aromatic carbocycles. The van der Waals surface area contributed by atoms with Gasteiger partial charge in [0.05, 0.1) is 11.8 Å². The first-order valence-corrected chi connectivity index (χ1v) is 6.14. The van der Waals surface area contributed by atoms with Gasteiger partial charge in [0.15, 0.2) is 0 Å². The van der Waals surface area contributed by atoms with Crippen LogP contribution in [0.2, 0.25) is 0 Å². The van der Waals surface area contributed by atoms with Gasteiger partial charge in [-0.2, -0.15) is 5.10 Å². The van der Waals surface area contributed by atoms with E-state index in [0.717, 1.165) is 5.56 Å². The van der Waals surface area contributed by atoms with Crippen molar-refractivity contribution in [2.75, 3.05) is 0 Å². The first kappa shape index (κ1) is 14.3. The second kappa shape index (κ2) is 6.85. The van der Waals surface area contributed by atoms with Crippen molar-refractivity contribution in [2.24, 2.45) is 21.7 Å². The van der Waals surface area contributed by atoms with Gasteiger partial charge in [0.2, 0.25) is 5.96 Å². The van der Waals surface area contributed by atoms with E-state index in [-0.39, 0.29) is 5.96 Å². The maximum atomic E-state index is 11.9. The lowest BCUT2D eigenvalue weighted by Gasteiger charge is -2.04. The molecular formula is C15H14N4O2. The van der Waals surface area contributed by atoms with Crippen molar-refractivity contribution in [1.29, 1.82) is 0 Å². The van der Waals surface area contributed by atoms with Crippen LogP contribution >= 0.6 is 0 Å². The first-order chi connectivity index (χ1) is 10.1. The highest BCUT2D eigenvalue weighted by Gasteiger charge is 2.07. The summed E-state index contributed by atoms with van der Waals surface area (Å²) in [7, 11) is 0. The molecule has 6 nitrogen and oxygen atoms in total. The molecular weight excluding hydrogens is 268 g/mol. The number of benzene rings is 2. The van der Waals surface area contributed by atoms with Crippen LogP contribution < -0.4 is 16.2 Å². The van der Waals surface area contributed by atoms with E-state index in [4.69, 9.17) is 16.2 Å². The smallest absolute Gasteiger partial charge is 0.343 e. The van der Waals surface area contributed by atoms with Crippen molar-refractivity contribution in [3.8, 4) is 5.75 Å². The van der Waals surface area contributed by atoms with Crippen molar-refractivity contribution in [3.05, 3.63) is 65.7 Å². The summed E-state index contributed by atoms with van der Waals surface area (Å²) in [5, 5.41) is 7.17. The third-order valence-electron chi connectivity index (χ3n) is 2.48. The molecule has 0 aromatic heterocycles. The predicted octanol–water partition coefficient (Wildman–Crippen LogP) is 1.51. The molecule has 0 amide bonds. The number of carbonyl (C=O) groups is 1. The third kappa shape index (κ3) is 4.46. The summed E-state index contributed by atoms with van der Waals surface area (Å²) in [4.78, 5) is 11.9. The standard InChI is InChI=1S/C15H14N4O2/c16-15(17)19-18-10-11-6-8-13(9-7-11)21-14(20)12-4-2-1-3-5-12/h1-10H,(H4,16,17,19). The van der Waals surface area contributed by atoms with Crippen LogP contribution in [0, 0.1) is 0 Å². The molecule has 0 aliphatic carbocycles. The van der Waals surface area contributed by atoms with Gasteiger partial charge in [-0.3, -0.25) is 0 Å². The lowest BCUT2D eigenvalue weighted by molar-refractivity contribution is 0.0735. The van der Waals surface area contributed by atoms with E-state index in [0.29, 0.717) is 11.3 Å². The Balaban J connectivity index is 2.01. The molecule has 6 heteroatoms. The summed E-state index contributed by atoms with van der Waals surface area (Å²) in [5.41, 5.74) is 11.6. The molecule has 0 radical (unpaired) electrons. The van der Waals surface area contributed by atoms with Gasteiger partial charge in [-0.1, -0.05) is 18.2 Å². The van der Waals surface area contributed by atoms with Crippen LogP contribution in [0.5, 0.6) is 5.75 Å². The van der Waals surface area contributed by atoms with E-state index in [1.54, 1.807) is 48.5 Å². The summed E-state index contributed by atoms with van der Waals surface area (Å²) in [6.07, 6.45) is 1.49. The lowest BCUT2D eigenvalue weighted by atomic mass is 10.2. The Morgan fingerprint density at radius 3 is 2.29 bits per heavy atom. The zero-order chi connectivity index (χ0) is 15.1. The maximum absolute atomic E-state index is 11.9. The maximum Gasteiger partial charge on any atom is 0.343 e. The van der Waals surface area contributed by atoms with E-state index in [1.165, 1.54) is 6.21 Å². The molecule has 4 N–H and O–H groups in total. The largest absolute Gasteiger partial charge is 0.423 e. The van der Waals surface area contributed by atoms with Crippen molar-refractivity contribution in [1.82, 2.24) is 0 Å². The van der Waals surface area contributed by atoms with Gasteiger partial charge in [0.25, 0.3) is 0 Å². The Morgan fingerprint density at radius 2 is 1.67 bits per heavy atom. The number of nitrogens with zero attached hydrogens (tertiary/aromatic N) is 2. The van der Waals surface area contributed by atoms with Gasteiger partial charge in [-0.25, -0.2) is 4.79 Å². The van der Waals surface area contributed by atoms with E-state index < -0.39 is 5.97 Å². The van der Waals surface area contributed by atoms with Crippen LogP contribution in [0.25, 0.3) is 0 Å². The molecule has 2 rings (SSSR count). The van der Waals surface area contributed by atoms with Crippen LogP contribution in [-0.2, 0) is 0 Å². The number of rotatable bonds is 4. The number of guanidine groups is 1. The highest BCUT2D eigenvalue weighted by atomic mass is 16.5. The minimum absolute atomic E-state index is 0.111. The molecule has 0 spiro atoms. The normalized spacial score (nSPS) is 10.3. The Kier molecular flexibility index (Phi) is 4.66. The van der Waals surface area contributed by atoms with Crippen LogP contribution in [0.1, 0.15) is 15.9 Å². The Hall–Kier alpha value is -3.15. The van der Waals surface area contributed by atoms with Gasteiger partial charge in [-0.05, 0) is 42.0 Å². The number of hydrogen-bond acceptors (Lipinski definition) is 4. The first-order valence-electron chi connectivity index (χ1n) is 6.14. The second-order valence-corrected chi connectivity index (χ2v) is 4.09. The molecule has 0 fully saturated rings. The number of carbonyl (C=O) groups excluding carboxylic acids is 1. The van der Waals surface area contributed by atoms with E-state index in [1.807, 2.05) is 6.07 Å². The predicted molar refractivity (Wildman–Crippen MR) is 81.2 cm³/mol. The van der Waals surface area contributed by atoms with Crippen molar-refractivity contribution >= 4 is 18.1 Å². The molecule has 0 heterocycles. The molecule has 106 valence electrons. The molecule has 0 bridgehead atoms. The minimum Gasteiger partial charge on any atom is -0.423 e. The summed E-state index contributed by atoms with van der Waals surface area (Å²) >= 11 is 0. The Bertz CT molecular complexity index is 660. The third-order valence-corrected chi connectivity index (χ3v) is 2.48. The van der Waals surface area contributed by atoms with Crippen LogP contribution in [0.15, 0.2) is 64.8 Å². The van der Waals surface area contributed by atoms with Crippen LogP contribution in [0.4, 0.5) is 0 Å². The number of nitrogens with two attached hydrogens (primary N) is 2.